The number of hydrazone groups is 1. The lowest BCUT2D eigenvalue weighted by molar-refractivity contribution is -0.160. The average molecular weight is 784 g/mol. The maximum absolute atomic E-state index is 14.3. The van der Waals surface area contributed by atoms with Crippen molar-refractivity contribution in [3.8, 4) is 23.0 Å². The van der Waals surface area contributed by atoms with Crippen LogP contribution in [0.2, 0.25) is 0 Å². The number of esters is 1. The number of benzene rings is 2. The molecule has 56 heavy (non-hydrogen) atoms. The van der Waals surface area contributed by atoms with Crippen LogP contribution in [0.15, 0.2) is 41.2 Å². The number of phenolic OH excluding ortho intramolecular Hbond substituents is 3. The summed E-state index contributed by atoms with van der Waals surface area (Å²) in [6, 6.07) is 0. The molecule has 2 aromatic rings. The van der Waals surface area contributed by atoms with Crippen molar-refractivity contribution in [3.05, 3.63) is 52.8 Å². The Balaban J connectivity index is 1.97. The molecule has 0 aliphatic carbocycles. The van der Waals surface area contributed by atoms with Gasteiger partial charge in [0.25, 0.3) is 11.7 Å². The minimum atomic E-state index is -2.07. The third-order valence-electron chi connectivity index (χ3n) is 10.5. The van der Waals surface area contributed by atoms with E-state index in [1.807, 2.05) is 0 Å². The van der Waals surface area contributed by atoms with E-state index in [2.05, 4.69) is 15.8 Å². The van der Waals surface area contributed by atoms with E-state index in [1.54, 1.807) is 39.8 Å². The molecule has 0 radical (unpaired) electrons. The molecule has 9 atom stereocenters. The van der Waals surface area contributed by atoms with Crippen LogP contribution in [0.3, 0.4) is 0 Å². The molecule has 8 N–H and O–H groups in total. The predicted molar refractivity (Wildman–Crippen MR) is 206 cm³/mol. The number of Topliss-reactive ketones (excluding diaryl/α,β-unsaturated/α-hetero) is 1. The van der Waals surface area contributed by atoms with Crippen molar-refractivity contribution < 1.29 is 64.0 Å². The molecule has 3 heterocycles. The number of methoxy groups -OCH3 is 1. The van der Waals surface area contributed by atoms with Gasteiger partial charge in [0.2, 0.25) is 0 Å². The first kappa shape index (κ1) is 43.6. The molecule has 0 saturated heterocycles. The van der Waals surface area contributed by atoms with E-state index in [-0.39, 0.29) is 57.6 Å². The Morgan fingerprint density at radius 2 is 1.68 bits per heavy atom. The number of anilines is 1. The van der Waals surface area contributed by atoms with Crippen LogP contribution in [0.1, 0.15) is 70.0 Å². The van der Waals surface area contributed by atoms with Gasteiger partial charge in [-0.15, -0.1) is 0 Å². The second kappa shape index (κ2) is 17.7. The van der Waals surface area contributed by atoms with Gasteiger partial charge in [-0.2, -0.15) is 5.10 Å². The number of fused-ring (bicyclic) bond motifs is 14. The van der Waals surface area contributed by atoms with Gasteiger partial charge in [0.15, 0.2) is 5.75 Å². The molecule has 1 amide bonds. The molecule has 5 bridgehead atoms. The molecule has 306 valence electrons. The van der Waals surface area contributed by atoms with E-state index >= 15 is 0 Å². The van der Waals surface area contributed by atoms with Gasteiger partial charge in [-0.3, -0.25) is 14.4 Å². The van der Waals surface area contributed by atoms with Crippen LogP contribution in [0.25, 0.3) is 10.8 Å². The number of rotatable bonds is 6. The molecule has 3 aliphatic heterocycles. The molecule has 0 fully saturated rings. The van der Waals surface area contributed by atoms with Crippen molar-refractivity contribution in [2.24, 2.45) is 28.8 Å². The third kappa shape index (κ3) is 8.48. The molecule has 9 unspecified atom stereocenters. The van der Waals surface area contributed by atoms with Gasteiger partial charge in [-0.1, -0.05) is 45.9 Å². The zero-order valence-electron chi connectivity index (χ0n) is 33.0. The minimum absolute atomic E-state index is 0.0209. The maximum Gasteiger partial charge on any atom is 0.312 e. The standard InChI is InChI=1S/C40H53N3O13/c1-18-11-10-12-19(2)39(52)43-30-25(17-42-41-14-15-44)34(49)27-28(35(30)50)33(48)23(6)37-29(27)38(51)40(8,56-37)54-16-13-26(53-9)20(3)36(55-24(7)45)22(5)32(47)21(4)31(18)46/h10-13,16-18,20-22,26,31-32,36,41,44,46-50H,14-15H2,1-9H3,(H,43,52)/b11-10+,16-13+,19-12?,42-17-. The zero-order chi connectivity index (χ0) is 41.8. The fraction of sp³-hybridized carbons (Fsp3) is 0.500. The molecule has 0 aromatic heterocycles. The number of hydrogen-bond donors (Lipinski definition) is 8. The first-order valence-electron chi connectivity index (χ1n) is 18.3. The van der Waals surface area contributed by atoms with Crippen molar-refractivity contribution >= 4 is 40.3 Å². The number of amides is 1. The SMILES string of the molecule is COC1/C=C/OC2(C)Oc3c(C)c(O)c4c(O)c(c(/C=N\NCCO)c(O)c4c3C2=O)NC(=O)C(C)=C/C=C/C(C)C(O)C(C)C(O)C(C)C(OC(C)=O)C1C. The van der Waals surface area contributed by atoms with Crippen molar-refractivity contribution in [2.45, 2.75) is 85.6 Å². The first-order valence-corrected chi connectivity index (χ1v) is 18.3. The number of aliphatic hydroxyl groups excluding tert-OH is 3. The number of ether oxygens (including phenoxy) is 4. The summed E-state index contributed by atoms with van der Waals surface area (Å²) >= 11 is 0. The largest absolute Gasteiger partial charge is 0.507 e. The predicted octanol–water partition coefficient (Wildman–Crippen LogP) is 3.67. The molecule has 0 saturated carbocycles. The Morgan fingerprint density at radius 1 is 1.00 bits per heavy atom. The van der Waals surface area contributed by atoms with E-state index in [0.29, 0.717) is 0 Å². The number of nitrogens with zero attached hydrogens (tertiary/aromatic N) is 1. The number of carbonyl (C=O) groups is 3. The Morgan fingerprint density at radius 3 is 2.30 bits per heavy atom. The first-order chi connectivity index (χ1) is 26.3. The molecule has 16 heteroatoms. The smallest absolute Gasteiger partial charge is 0.312 e. The zero-order valence-corrected chi connectivity index (χ0v) is 33.0. The van der Waals surface area contributed by atoms with Crippen LogP contribution in [-0.4, -0.2) is 105 Å². The molecular weight excluding hydrogens is 730 g/mol. The summed E-state index contributed by atoms with van der Waals surface area (Å²) in [6.07, 6.45) is 4.42. The van der Waals surface area contributed by atoms with Gasteiger partial charge in [-0.05, 0) is 19.9 Å². The van der Waals surface area contributed by atoms with Crippen molar-refractivity contribution in [2.75, 3.05) is 25.6 Å². The summed E-state index contributed by atoms with van der Waals surface area (Å²) < 4.78 is 23.4. The second-order valence-electron chi connectivity index (χ2n) is 14.5. The van der Waals surface area contributed by atoms with E-state index in [4.69, 9.17) is 18.9 Å². The van der Waals surface area contributed by atoms with Gasteiger partial charge in [0, 0.05) is 61.2 Å². The number of nitrogens with one attached hydrogen (secondary N) is 2. The molecular formula is C40H53N3O13. The van der Waals surface area contributed by atoms with Crippen LogP contribution < -0.4 is 15.5 Å². The maximum atomic E-state index is 14.3. The number of ketones is 1. The Labute approximate surface area is 325 Å². The van der Waals surface area contributed by atoms with Crippen LogP contribution in [-0.2, 0) is 23.8 Å². The van der Waals surface area contributed by atoms with Crippen molar-refractivity contribution in [1.29, 1.82) is 0 Å². The Hall–Kier alpha value is -5.16. The Kier molecular flexibility index (Phi) is 13.8. The summed E-state index contributed by atoms with van der Waals surface area (Å²) in [5.74, 6) is -8.76. The highest BCUT2D eigenvalue weighted by atomic mass is 16.7. The summed E-state index contributed by atoms with van der Waals surface area (Å²) in [5, 5.41) is 72.8. The lowest BCUT2D eigenvalue weighted by Crippen LogP contribution is -2.46. The summed E-state index contributed by atoms with van der Waals surface area (Å²) in [4.78, 5) is 40.1. The van der Waals surface area contributed by atoms with Gasteiger partial charge in [0.05, 0.1) is 66.1 Å². The van der Waals surface area contributed by atoms with Crippen molar-refractivity contribution in [1.82, 2.24) is 5.43 Å². The van der Waals surface area contributed by atoms with E-state index in [9.17, 15) is 45.0 Å². The highest BCUT2D eigenvalue weighted by Gasteiger charge is 2.50. The third-order valence-corrected chi connectivity index (χ3v) is 10.5. The van der Waals surface area contributed by atoms with Crippen molar-refractivity contribution in [3.63, 3.8) is 0 Å². The van der Waals surface area contributed by atoms with Crippen LogP contribution >= 0.6 is 0 Å². The summed E-state index contributed by atoms with van der Waals surface area (Å²) in [5.41, 5.74) is 1.87. The number of aliphatic hydroxyl groups is 3. The molecule has 0 spiro atoms. The van der Waals surface area contributed by atoms with E-state index in [1.165, 1.54) is 53.2 Å². The summed E-state index contributed by atoms with van der Waals surface area (Å²) in [7, 11) is 1.42. The topological polar surface area (TPSA) is 246 Å². The molecule has 16 nitrogen and oxygen atoms in total. The molecule has 3 aliphatic rings. The minimum Gasteiger partial charge on any atom is -0.507 e. The lowest BCUT2D eigenvalue weighted by atomic mass is 9.78. The highest BCUT2D eigenvalue weighted by molar-refractivity contribution is 6.23. The normalized spacial score (nSPS) is 30.1. The number of hydrogen-bond acceptors (Lipinski definition) is 15. The van der Waals surface area contributed by atoms with Crippen LogP contribution in [0.5, 0.6) is 23.0 Å². The van der Waals surface area contributed by atoms with Gasteiger partial charge in [-0.25, -0.2) is 0 Å². The summed E-state index contributed by atoms with van der Waals surface area (Å²) in [6.45, 7) is 12.1. The van der Waals surface area contributed by atoms with E-state index in [0.717, 1.165) is 6.21 Å². The quantitative estimate of drug-likeness (QED) is 0.0521. The Bertz CT molecular complexity index is 1960. The van der Waals surface area contributed by atoms with Gasteiger partial charge in [0.1, 0.15) is 23.4 Å². The van der Waals surface area contributed by atoms with Crippen LogP contribution in [0.4, 0.5) is 5.69 Å². The van der Waals surface area contributed by atoms with Gasteiger partial charge >= 0.3 is 11.8 Å². The average Bonchev–Trinajstić information content (AvgIpc) is 3.42. The molecule has 2 aromatic carbocycles. The molecule has 5 rings (SSSR count). The number of carbonyl (C=O) groups excluding carboxylic acids is 3. The number of allylic oxidation sites excluding steroid dienone is 2. The monoisotopic (exact) mass is 783 g/mol. The fourth-order valence-electron chi connectivity index (χ4n) is 7.10. The lowest BCUT2D eigenvalue weighted by Gasteiger charge is -2.38. The second-order valence-corrected chi connectivity index (χ2v) is 14.5. The number of phenols is 3. The van der Waals surface area contributed by atoms with E-state index < -0.39 is 88.8 Å². The van der Waals surface area contributed by atoms with Crippen LogP contribution in [0, 0.1) is 30.6 Å². The fourth-order valence-corrected chi connectivity index (χ4v) is 7.10. The number of aromatic hydroxyl groups is 3. The van der Waals surface area contributed by atoms with Gasteiger partial charge < -0.3 is 60.3 Å². The highest BCUT2D eigenvalue weighted by Crippen LogP contribution is 2.55.